The molecular weight excluding hydrogens is 243 g/mol. The molecule has 0 aliphatic carbocycles. The Bertz CT molecular complexity index is 328. The summed E-state index contributed by atoms with van der Waals surface area (Å²) in [6, 6.07) is 0. The molecule has 0 aliphatic rings. The first kappa shape index (κ1) is 17.2. The second-order valence-electron chi connectivity index (χ2n) is 2.13. The molecule has 15 heavy (non-hydrogen) atoms. The maximum atomic E-state index is 10.7. The predicted molar refractivity (Wildman–Crippen MR) is 47.7 cm³/mol. The molecule has 0 aliphatic heterocycles. The molecule has 0 bridgehead atoms. The van der Waals surface area contributed by atoms with Crippen molar-refractivity contribution in [3.8, 4) is 0 Å². The Labute approximate surface area is 107 Å². The number of hydrogen-bond donors (Lipinski definition) is 3. The van der Waals surface area contributed by atoms with Crippen molar-refractivity contribution in [1.29, 1.82) is 0 Å². The van der Waals surface area contributed by atoms with E-state index in [1.807, 2.05) is 0 Å². The summed E-state index contributed by atoms with van der Waals surface area (Å²) in [7, 11) is -4.79. The number of carbonyl (C=O) groups is 2. The molecular formula is C4H9N2NaO7S. The predicted octanol–water partition coefficient (Wildman–Crippen LogP) is -3.18. The Morgan fingerprint density at radius 1 is 1.27 bits per heavy atom. The van der Waals surface area contributed by atoms with Gasteiger partial charge < -0.3 is 9.68 Å². The molecule has 0 amide bonds. The van der Waals surface area contributed by atoms with E-state index in [9.17, 15) is 18.0 Å². The summed E-state index contributed by atoms with van der Waals surface area (Å²) >= 11 is 0. The molecule has 1 atom stereocenters. The number of hydrogen-bond acceptors (Lipinski definition) is 8. The van der Waals surface area contributed by atoms with Crippen molar-refractivity contribution in [1.82, 2.24) is 0 Å². The SMILES string of the molecule is NOC(=O)CC(C(=O)ON)S(=O)(=O)O.[NaH]. The minimum atomic E-state index is -4.79. The molecule has 0 saturated carbocycles. The first-order valence-electron chi connectivity index (χ1n) is 3.09. The second-order valence-corrected chi connectivity index (χ2v) is 3.73. The standard InChI is InChI=1S/C4H8N2O7S.Na.H/c5-12-3(7)1-2(4(8)13-6)14(9,10)11;;/h2H,1,5-6H2,(H,9,10,11);;. The fourth-order valence-corrected chi connectivity index (χ4v) is 1.23. The zero-order valence-corrected chi connectivity index (χ0v) is 7.56. The van der Waals surface area contributed by atoms with Crippen molar-refractivity contribution in [3.63, 3.8) is 0 Å². The Morgan fingerprint density at radius 3 is 2.00 bits per heavy atom. The van der Waals surface area contributed by atoms with Crippen LogP contribution in [0.5, 0.6) is 0 Å². The van der Waals surface area contributed by atoms with Crippen LogP contribution >= 0.6 is 0 Å². The number of nitrogens with two attached hydrogens (primary N) is 2. The van der Waals surface area contributed by atoms with Crippen LogP contribution in [0.25, 0.3) is 0 Å². The van der Waals surface area contributed by atoms with Gasteiger partial charge in [-0.15, -0.1) is 0 Å². The monoisotopic (exact) mass is 252 g/mol. The van der Waals surface area contributed by atoms with Crippen LogP contribution in [0.15, 0.2) is 0 Å². The van der Waals surface area contributed by atoms with Crippen LogP contribution in [0.4, 0.5) is 0 Å². The fraction of sp³-hybridized carbons (Fsp3) is 0.500. The molecule has 0 aromatic rings. The zero-order chi connectivity index (χ0) is 11.4. The van der Waals surface area contributed by atoms with E-state index >= 15 is 0 Å². The average molecular weight is 252 g/mol. The van der Waals surface area contributed by atoms with Gasteiger partial charge >= 0.3 is 41.5 Å². The van der Waals surface area contributed by atoms with Crippen molar-refractivity contribution in [2.24, 2.45) is 11.8 Å². The second kappa shape index (κ2) is 7.11. The third-order valence-corrected chi connectivity index (χ3v) is 2.30. The van der Waals surface area contributed by atoms with Gasteiger partial charge in [0.05, 0.1) is 6.42 Å². The Morgan fingerprint density at radius 2 is 1.73 bits per heavy atom. The van der Waals surface area contributed by atoms with Gasteiger partial charge in [0, 0.05) is 0 Å². The van der Waals surface area contributed by atoms with Gasteiger partial charge in [0.2, 0.25) is 0 Å². The van der Waals surface area contributed by atoms with E-state index < -0.39 is 33.7 Å². The molecule has 0 aromatic carbocycles. The Balaban J connectivity index is 0. The van der Waals surface area contributed by atoms with Gasteiger partial charge in [-0.1, -0.05) is 0 Å². The molecule has 5 N–H and O–H groups in total. The molecule has 9 nitrogen and oxygen atoms in total. The first-order chi connectivity index (χ1) is 6.32. The summed E-state index contributed by atoms with van der Waals surface area (Å²) < 4.78 is 29.6. The van der Waals surface area contributed by atoms with E-state index in [1.54, 1.807) is 0 Å². The van der Waals surface area contributed by atoms with Gasteiger partial charge in [-0.2, -0.15) is 20.2 Å². The van der Waals surface area contributed by atoms with Crippen LogP contribution < -0.4 is 11.8 Å². The third-order valence-electron chi connectivity index (χ3n) is 1.22. The van der Waals surface area contributed by atoms with Crippen LogP contribution in [0.2, 0.25) is 0 Å². The van der Waals surface area contributed by atoms with Crippen LogP contribution in [-0.4, -0.2) is 59.7 Å². The third kappa shape index (κ3) is 6.04. The van der Waals surface area contributed by atoms with E-state index in [0.717, 1.165) is 0 Å². The first-order valence-corrected chi connectivity index (χ1v) is 4.59. The van der Waals surface area contributed by atoms with Crippen LogP contribution in [-0.2, 0) is 29.4 Å². The van der Waals surface area contributed by atoms with E-state index in [4.69, 9.17) is 4.55 Å². The average Bonchev–Trinajstić information content (AvgIpc) is 2.10. The number of rotatable bonds is 4. The fourth-order valence-electron chi connectivity index (χ4n) is 0.586. The molecule has 0 fully saturated rings. The van der Waals surface area contributed by atoms with Crippen LogP contribution in [0.1, 0.15) is 6.42 Å². The quantitative estimate of drug-likeness (QED) is 0.266. The van der Waals surface area contributed by atoms with Gasteiger partial charge in [0.15, 0.2) is 5.25 Å². The topological polar surface area (TPSA) is 159 Å². The molecule has 0 heterocycles. The van der Waals surface area contributed by atoms with Gasteiger partial charge in [0.25, 0.3) is 10.1 Å². The Kier molecular flexibility index (Phi) is 8.14. The summed E-state index contributed by atoms with van der Waals surface area (Å²) in [4.78, 5) is 28.4. The van der Waals surface area contributed by atoms with Gasteiger partial charge in [-0.05, 0) is 0 Å². The molecule has 0 radical (unpaired) electrons. The molecule has 0 aromatic heterocycles. The van der Waals surface area contributed by atoms with Crippen LogP contribution in [0, 0.1) is 0 Å². The van der Waals surface area contributed by atoms with Gasteiger partial charge in [-0.3, -0.25) is 9.35 Å². The molecule has 0 spiro atoms. The summed E-state index contributed by atoms with van der Waals surface area (Å²) in [5.41, 5.74) is 0. The van der Waals surface area contributed by atoms with Crippen molar-refractivity contribution in [2.45, 2.75) is 11.7 Å². The normalized spacial score (nSPS) is 12.2. The molecule has 0 rings (SSSR count). The summed E-state index contributed by atoms with van der Waals surface area (Å²) in [5, 5.41) is -2.14. The van der Waals surface area contributed by atoms with Crippen molar-refractivity contribution >= 4 is 51.6 Å². The molecule has 0 saturated heterocycles. The number of carbonyl (C=O) groups excluding carboxylic acids is 2. The van der Waals surface area contributed by atoms with E-state index in [-0.39, 0.29) is 29.6 Å². The van der Waals surface area contributed by atoms with E-state index in [1.165, 1.54) is 0 Å². The Hall–Kier alpha value is -0.230. The molecule has 11 heteroatoms. The maximum absolute atomic E-state index is 10.7. The van der Waals surface area contributed by atoms with Gasteiger partial charge in [0.1, 0.15) is 0 Å². The zero-order valence-electron chi connectivity index (χ0n) is 6.74. The molecule has 84 valence electrons. The summed E-state index contributed by atoms with van der Waals surface area (Å²) in [5.74, 6) is 6.08. The molecule has 1 unspecified atom stereocenters. The summed E-state index contributed by atoms with van der Waals surface area (Å²) in [6.45, 7) is 0. The van der Waals surface area contributed by atoms with E-state index in [2.05, 4.69) is 21.5 Å². The minimum absolute atomic E-state index is 0. The van der Waals surface area contributed by atoms with Crippen molar-refractivity contribution in [2.75, 3.05) is 0 Å². The van der Waals surface area contributed by atoms with Crippen molar-refractivity contribution in [3.05, 3.63) is 0 Å². The van der Waals surface area contributed by atoms with Gasteiger partial charge in [-0.25, -0.2) is 4.79 Å². The van der Waals surface area contributed by atoms with Crippen LogP contribution in [0.3, 0.4) is 0 Å². The van der Waals surface area contributed by atoms with Crippen molar-refractivity contribution < 1.29 is 32.2 Å². The van der Waals surface area contributed by atoms with E-state index in [0.29, 0.717) is 0 Å². The summed E-state index contributed by atoms with van der Waals surface area (Å²) in [6.07, 6.45) is -0.981.